The number of hydrogen-bond donors (Lipinski definition) is 1. The lowest BCUT2D eigenvalue weighted by molar-refractivity contribution is -0.120. The summed E-state index contributed by atoms with van der Waals surface area (Å²) in [7, 11) is -3.80. The first-order valence-corrected chi connectivity index (χ1v) is 11.6. The van der Waals surface area contributed by atoms with Crippen LogP contribution in [0, 0.1) is 11.3 Å². The number of anilines is 2. The molecule has 1 N–H and O–H groups in total. The highest BCUT2D eigenvalue weighted by molar-refractivity contribution is 7.92. The fourth-order valence-electron chi connectivity index (χ4n) is 3.64. The first-order chi connectivity index (χ1) is 15.5. The molecule has 162 valence electrons. The number of carbonyl (C=O) groups excluding carboxylic acids is 1. The molecule has 1 aliphatic rings. The Morgan fingerprint density at radius 1 is 1.03 bits per heavy atom. The Morgan fingerprint density at radius 2 is 1.78 bits per heavy atom. The standard InChI is InChI=1S/C24H21N3O4S/c25-16-18-11-13-20(14-12-18)31-17-23(28)27-15-5-7-19-6-4-10-22(24(19)27)26-32(29,30)21-8-2-1-3-9-21/h1-4,6,8-14,26H,5,7,15,17H2. The molecule has 0 atom stereocenters. The van der Waals surface area contributed by atoms with E-state index in [2.05, 4.69) is 4.72 Å². The summed E-state index contributed by atoms with van der Waals surface area (Å²) in [5.41, 5.74) is 2.32. The third-order valence-corrected chi connectivity index (χ3v) is 6.54. The molecule has 0 unspecified atom stereocenters. The molecular weight excluding hydrogens is 426 g/mol. The lowest BCUT2D eigenvalue weighted by atomic mass is 10.0. The number of rotatable bonds is 6. The van der Waals surface area contributed by atoms with Gasteiger partial charge in [0.1, 0.15) is 5.75 Å². The van der Waals surface area contributed by atoms with Gasteiger partial charge in [-0.2, -0.15) is 5.26 Å². The molecule has 7 nitrogen and oxygen atoms in total. The minimum absolute atomic E-state index is 0.149. The van der Waals surface area contributed by atoms with Gasteiger partial charge in [0.2, 0.25) is 0 Å². The molecule has 0 spiro atoms. The Labute approximate surface area is 186 Å². The number of amides is 1. The van der Waals surface area contributed by atoms with Crippen LogP contribution in [0.2, 0.25) is 0 Å². The second kappa shape index (κ2) is 9.12. The Bertz CT molecular complexity index is 1270. The van der Waals surface area contributed by atoms with Crippen LogP contribution in [0.4, 0.5) is 11.4 Å². The zero-order valence-electron chi connectivity index (χ0n) is 17.2. The maximum absolute atomic E-state index is 13.0. The van der Waals surface area contributed by atoms with Gasteiger partial charge in [-0.25, -0.2) is 8.42 Å². The molecular formula is C24H21N3O4S. The van der Waals surface area contributed by atoms with Crippen molar-refractivity contribution in [3.63, 3.8) is 0 Å². The predicted octanol–water partition coefficient (Wildman–Crippen LogP) is 3.72. The maximum Gasteiger partial charge on any atom is 0.264 e. The van der Waals surface area contributed by atoms with E-state index in [1.54, 1.807) is 59.5 Å². The molecule has 0 fully saturated rings. The van der Waals surface area contributed by atoms with E-state index in [9.17, 15) is 13.2 Å². The number of nitrogens with one attached hydrogen (secondary N) is 1. The lowest BCUT2D eigenvalue weighted by Gasteiger charge is -2.31. The third-order valence-electron chi connectivity index (χ3n) is 5.16. The summed E-state index contributed by atoms with van der Waals surface area (Å²) in [6, 6.07) is 22.0. The van der Waals surface area contributed by atoms with E-state index in [0.29, 0.717) is 29.2 Å². The number of sulfonamides is 1. The van der Waals surface area contributed by atoms with E-state index in [0.717, 1.165) is 18.4 Å². The minimum Gasteiger partial charge on any atom is -0.484 e. The van der Waals surface area contributed by atoms with Crippen LogP contribution in [0.3, 0.4) is 0 Å². The molecule has 1 amide bonds. The highest BCUT2D eigenvalue weighted by Gasteiger charge is 2.27. The summed E-state index contributed by atoms with van der Waals surface area (Å²) in [4.78, 5) is 14.7. The molecule has 32 heavy (non-hydrogen) atoms. The molecule has 8 heteroatoms. The summed E-state index contributed by atoms with van der Waals surface area (Å²) >= 11 is 0. The molecule has 0 aromatic heterocycles. The number of aryl methyl sites for hydroxylation is 1. The van der Waals surface area contributed by atoms with Crippen molar-refractivity contribution in [3.05, 3.63) is 83.9 Å². The van der Waals surface area contributed by atoms with Crippen LogP contribution >= 0.6 is 0 Å². The highest BCUT2D eigenvalue weighted by atomic mass is 32.2. The van der Waals surface area contributed by atoms with Gasteiger partial charge in [-0.15, -0.1) is 0 Å². The van der Waals surface area contributed by atoms with Crippen LogP contribution in [0.25, 0.3) is 0 Å². The molecule has 0 bridgehead atoms. The number of para-hydroxylation sites is 1. The van der Waals surface area contributed by atoms with Crippen molar-refractivity contribution in [3.8, 4) is 11.8 Å². The van der Waals surface area contributed by atoms with Crippen LogP contribution in [0.5, 0.6) is 5.75 Å². The molecule has 0 aliphatic carbocycles. The summed E-state index contributed by atoms with van der Waals surface area (Å²) in [6.45, 7) is 0.262. The monoisotopic (exact) mass is 447 g/mol. The van der Waals surface area contributed by atoms with Crippen LogP contribution in [0.1, 0.15) is 17.5 Å². The number of fused-ring (bicyclic) bond motifs is 1. The summed E-state index contributed by atoms with van der Waals surface area (Å²) in [6.07, 6.45) is 1.51. The number of ether oxygens (including phenoxy) is 1. The molecule has 3 aromatic rings. The largest absolute Gasteiger partial charge is 0.484 e. The Kier molecular flexibility index (Phi) is 6.10. The smallest absolute Gasteiger partial charge is 0.264 e. The molecule has 0 radical (unpaired) electrons. The topological polar surface area (TPSA) is 99.5 Å². The first-order valence-electron chi connectivity index (χ1n) is 10.1. The van der Waals surface area contributed by atoms with Gasteiger partial charge in [0.15, 0.2) is 6.61 Å². The van der Waals surface area contributed by atoms with Gasteiger partial charge in [-0.1, -0.05) is 30.3 Å². The average Bonchev–Trinajstić information content (AvgIpc) is 2.83. The second-order valence-electron chi connectivity index (χ2n) is 7.31. The van der Waals surface area contributed by atoms with Crippen LogP contribution < -0.4 is 14.4 Å². The molecule has 3 aromatic carbocycles. The minimum atomic E-state index is -3.80. The second-order valence-corrected chi connectivity index (χ2v) is 8.99. The lowest BCUT2D eigenvalue weighted by Crippen LogP contribution is -2.39. The number of hydrogen-bond acceptors (Lipinski definition) is 5. The van der Waals surface area contributed by atoms with E-state index < -0.39 is 10.0 Å². The van der Waals surface area contributed by atoms with Gasteiger partial charge < -0.3 is 9.64 Å². The van der Waals surface area contributed by atoms with Crippen molar-refractivity contribution < 1.29 is 17.9 Å². The molecule has 1 heterocycles. The first kappa shape index (κ1) is 21.4. The summed E-state index contributed by atoms with van der Waals surface area (Å²) in [5.74, 6) is 0.203. The predicted molar refractivity (Wildman–Crippen MR) is 121 cm³/mol. The zero-order chi connectivity index (χ0) is 22.6. The normalized spacial score (nSPS) is 13.0. The summed E-state index contributed by atoms with van der Waals surface area (Å²) in [5, 5.41) is 8.89. The number of benzene rings is 3. The molecule has 0 saturated carbocycles. The third kappa shape index (κ3) is 4.58. The van der Waals surface area contributed by atoms with E-state index in [1.807, 2.05) is 12.1 Å². The van der Waals surface area contributed by atoms with Crippen molar-refractivity contribution in [1.82, 2.24) is 0 Å². The van der Waals surface area contributed by atoms with E-state index in [-0.39, 0.29) is 17.4 Å². The van der Waals surface area contributed by atoms with Crippen molar-refractivity contribution >= 4 is 27.3 Å². The van der Waals surface area contributed by atoms with Crippen molar-refractivity contribution in [2.75, 3.05) is 22.8 Å². The van der Waals surface area contributed by atoms with Crippen molar-refractivity contribution in [2.45, 2.75) is 17.7 Å². The maximum atomic E-state index is 13.0. The SMILES string of the molecule is N#Cc1ccc(OCC(=O)N2CCCc3cccc(NS(=O)(=O)c4ccccc4)c32)cc1. The fourth-order valence-corrected chi connectivity index (χ4v) is 4.72. The van der Waals surface area contributed by atoms with E-state index >= 15 is 0 Å². The molecule has 0 saturated heterocycles. The number of nitrogens with zero attached hydrogens (tertiary/aromatic N) is 2. The Morgan fingerprint density at radius 3 is 2.50 bits per heavy atom. The number of nitriles is 1. The molecule has 1 aliphatic heterocycles. The van der Waals surface area contributed by atoms with E-state index in [1.165, 1.54) is 12.1 Å². The van der Waals surface area contributed by atoms with Gasteiger partial charge in [0.05, 0.1) is 27.9 Å². The fraction of sp³-hybridized carbons (Fsp3) is 0.167. The average molecular weight is 448 g/mol. The molecule has 4 rings (SSSR count). The Hall–Kier alpha value is -3.83. The van der Waals surface area contributed by atoms with Crippen molar-refractivity contribution in [1.29, 1.82) is 5.26 Å². The van der Waals surface area contributed by atoms with Gasteiger partial charge in [-0.05, 0) is 60.9 Å². The van der Waals surface area contributed by atoms with Gasteiger partial charge >= 0.3 is 0 Å². The zero-order valence-corrected chi connectivity index (χ0v) is 18.0. The Balaban J connectivity index is 1.57. The quantitative estimate of drug-likeness (QED) is 0.621. The van der Waals surface area contributed by atoms with Gasteiger partial charge in [-0.3, -0.25) is 9.52 Å². The highest BCUT2D eigenvalue weighted by Crippen LogP contribution is 2.36. The van der Waals surface area contributed by atoms with Crippen molar-refractivity contribution in [2.24, 2.45) is 0 Å². The van der Waals surface area contributed by atoms with Crippen LogP contribution in [-0.4, -0.2) is 27.5 Å². The number of carbonyl (C=O) groups is 1. The van der Waals surface area contributed by atoms with Crippen LogP contribution in [0.15, 0.2) is 77.7 Å². The van der Waals surface area contributed by atoms with Gasteiger partial charge in [0, 0.05) is 6.54 Å². The van der Waals surface area contributed by atoms with Gasteiger partial charge in [0.25, 0.3) is 15.9 Å². The summed E-state index contributed by atoms with van der Waals surface area (Å²) < 4.78 is 34.0. The van der Waals surface area contributed by atoms with Crippen LogP contribution in [-0.2, 0) is 21.2 Å². The van der Waals surface area contributed by atoms with E-state index in [4.69, 9.17) is 10.00 Å².